The molecule has 1 N–H and O–H groups in total. The van der Waals surface area contributed by atoms with Gasteiger partial charge in [-0.2, -0.15) is 0 Å². The molecular formula is C12H9N3. The van der Waals surface area contributed by atoms with Crippen LogP contribution in [-0.2, 0) is 0 Å². The van der Waals surface area contributed by atoms with Crippen LogP contribution in [-0.4, -0.2) is 15.0 Å². The van der Waals surface area contributed by atoms with E-state index in [1.165, 1.54) is 5.39 Å². The minimum Gasteiger partial charge on any atom is -0.361 e. The molecule has 1 aromatic carbocycles. The number of aromatic nitrogens is 3. The van der Waals surface area contributed by atoms with Crippen LogP contribution in [0.4, 0.5) is 0 Å². The van der Waals surface area contributed by atoms with Gasteiger partial charge in [-0.05, 0) is 29.1 Å². The zero-order chi connectivity index (χ0) is 10.1. The number of hydrogen-bond acceptors (Lipinski definition) is 2. The number of rotatable bonds is 1. The van der Waals surface area contributed by atoms with Crippen LogP contribution in [0.3, 0.4) is 0 Å². The first kappa shape index (κ1) is 8.17. The lowest BCUT2D eigenvalue weighted by Gasteiger charge is -1.99. The fourth-order valence-corrected chi connectivity index (χ4v) is 1.68. The smallest absolute Gasteiger partial charge is 0.115 e. The second-order valence-corrected chi connectivity index (χ2v) is 3.41. The molecule has 2 heterocycles. The molecule has 72 valence electrons. The summed E-state index contributed by atoms with van der Waals surface area (Å²) in [4.78, 5) is 11.2. The quantitative estimate of drug-likeness (QED) is 0.648. The second kappa shape index (κ2) is 3.20. The van der Waals surface area contributed by atoms with Gasteiger partial charge in [0.15, 0.2) is 0 Å². The van der Waals surface area contributed by atoms with E-state index in [0.717, 1.165) is 16.6 Å². The van der Waals surface area contributed by atoms with E-state index >= 15 is 0 Å². The van der Waals surface area contributed by atoms with Gasteiger partial charge in [-0.25, -0.2) is 9.97 Å². The van der Waals surface area contributed by atoms with Crippen molar-refractivity contribution in [1.29, 1.82) is 0 Å². The third-order valence-corrected chi connectivity index (χ3v) is 2.45. The normalized spacial score (nSPS) is 10.7. The first-order chi connectivity index (χ1) is 7.43. The summed E-state index contributed by atoms with van der Waals surface area (Å²) in [5.41, 5.74) is 3.33. The van der Waals surface area contributed by atoms with Crippen molar-refractivity contribution in [3.63, 3.8) is 0 Å². The molecule has 0 aliphatic rings. The lowest BCUT2D eigenvalue weighted by molar-refractivity contribution is 1.17. The van der Waals surface area contributed by atoms with Crippen molar-refractivity contribution in [2.24, 2.45) is 0 Å². The molecule has 0 saturated heterocycles. The number of nitrogens with zero attached hydrogens (tertiary/aromatic N) is 2. The van der Waals surface area contributed by atoms with Gasteiger partial charge < -0.3 is 4.98 Å². The van der Waals surface area contributed by atoms with Crippen LogP contribution in [0, 0.1) is 0 Å². The molecular weight excluding hydrogens is 186 g/mol. The number of benzene rings is 1. The van der Waals surface area contributed by atoms with Crippen LogP contribution in [0.25, 0.3) is 22.0 Å². The Morgan fingerprint density at radius 2 is 1.80 bits per heavy atom. The van der Waals surface area contributed by atoms with E-state index in [1.807, 2.05) is 18.6 Å². The molecule has 0 fully saturated rings. The Labute approximate surface area is 86.8 Å². The SMILES string of the molecule is c1ncc(-c2ccc3[nH]ccc3c2)cn1. The summed E-state index contributed by atoms with van der Waals surface area (Å²) < 4.78 is 0. The molecule has 0 atom stereocenters. The largest absolute Gasteiger partial charge is 0.361 e. The van der Waals surface area contributed by atoms with Gasteiger partial charge in [-0.3, -0.25) is 0 Å². The highest BCUT2D eigenvalue weighted by atomic mass is 14.8. The highest BCUT2D eigenvalue weighted by Crippen LogP contribution is 2.22. The zero-order valence-electron chi connectivity index (χ0n) is 8.01. The van der Waals surface area contributed by atoms with Gasteiger partial charge in [0.05, 0.1) is 0 Å². The maximum atomic E-state index is 4.01. The zero-order valence-corrected chi connectivity index (χ0v) is 8.01. The standard InChI is InChI=1S/C12H9N3/c1-2-12-10(3-4-15-12)5-9(1)11-6-13-8-14-7-11/h1-8,15H. The van der Waals surface area contributed by atoms with Crippen LogP contribution in [0.5, 0.6) is 0 Å². The first-order valence-electron chi connectivity index (χ1n) is 4.76. The molecule has 0 aliphatic carbocycles. The molecule has 3 nitrogen and oxygen atoms in total. The van der Waals surface area contributed by atoms with E-state index < -0.39 is 0 Å². The third kappa shape index (κ3) is 1.38. The fraction of sp³-hybridized carbons (Fsp3) is 0. The average molecular weight is 195 g/mol. The Kier molecular flexibility index (Phi) is 1.75. The summed E-state index contributed by atoms with van der Waals surface area (Å²) in [6.45, 7) is 0. The highest BCUT2D eigenvalue weighted by Gasteiger charge is 1.99. The van der Waals surface area contributed by atoms with Crippen molar-refractivity contribution in [3.05, 3.63) is 49.2 Å². The summed E-state index contributed by atoms with van der Waals surface area (Å²) in [5, 5.41) is 1.20. The molecule has 3 heteroatoms. The molecule has 0 amide bonds. The number of hydrogen-bond donors (Lipinski definition) is 1. The van der Waals surface area contributed by atoms with Crippen LogP contribution < -0.4 is 0 Å². The molecule has 15 heavy (non-hydrogen) atoms. The van der Waals surface area contributed by atoms with Gasteiger partial charge in [0, 0.05) is 29.7 Å². The lowest BCUT2D eigenvalue weighted by atomic mass is 10.1. The molecule has 0 bridgehead atoms. The van der Waals surface area contributed by atoms with Crippen molar-refractivity contribution in [1.82, 2.24) is 15.0 Å². The van der Waals surface area contributed by atoms with Gasteiger partial charge >= 0.3 is 0 Å². The number of fused-ring (bicyclic) bond motifs is 1. The third-order valence-electron chi connectivity index (χ3n) is 2.45. The van der Waals surface area contributed by atoms with Crippen LogP contribution in [0.1, 0.15) is 0 Å². The minimum atomic E-state index is 1.04. The number of aromatic amines is 1. The van der Waals surface area contributed by atoms with E-state index in [0.29, 0.717) is 0 Å². The summed E-state index contributed by atoms with van der Waals surface area (Å²) in [6.07, 6.45) is 7.12. The Morgan fingerprint density at radius 3 is 2.67 bits per heavy atom. The molecule has 0 unspecified atom stereocenters. The van der Waals surface area contributed by atoms with Crippen molar-refractivity contribution < 1.29 is 0 Å². The van der Waals surface area contributed by atoms with Crippen LogP contribution >= 0.6 is 0 Å². The summed E-state index contributed by atoms with van der Waals surface area (Å²) in [6, 6.07) is 8.32. The van der Waals surface area contributed by atoms with Gasteiger partial charge in [0.2, 0.25) is 0 Å². The van der Waals surface area contributed by atoms with E-state index in [1.54, 1.807) is 6.33 Å². The molecule has 0 radical (unpaired) electrons. The Balaban J connectivity index is 2.19. The van der Waals surface area contributed by atoms with Gasteiger partial charge in [-0.15, -0.1) is 0 Å². The van der Waals surface area contributed by atoms with Crippen LogP contribution in [0.2, 0.25) is 0 Å². The van der Waals surface area contributed by atoms with Crippen molar-refractivity contribution in [3.8, 4) is 11.1 Å². The predicted octanol–water partition coefficient (Wildman–Crippen LogP) is 2.62. The van der Waals surface area contributed by atoms with Crippen molar-refractivity contribution >= 4 is 10.9 Å². The summed E-state index contributed by atoms with van der Waals surface area (Å²) in [5.74, 6) is 0. The van der Waals surface area contributed by atoms with Gasteiger partial charge in [0.1, 0.15) is 6.33 Å². The van der Waals surface area contributed by atoms with Crippen molar-refractivity contribution in [2.75, 3.05) is 0 Å². The summed E-state index contributed by atoms with van der Waals surface area (Å²) >= 11 is 0. The van der Waals surface area contributed by atoms with Gasteiger partial charge in [0.25, 0.3) is 0 Å². The average Bonchev–Trinajstić information content (AvgIpc) is 2.77. The maximum Gasteiger partial charge on any atom is 0.115 e. The monoisotopic (exact) mass is 195 g/mol. The van der Waals surface area contributed by atoms with E-state index in [9.17, 15) is 0 Å². The molecule has 0 spiro atoms. The topological polar surface area (TPSA) is 41.6 Å². The Hall–Kier alpha value is -2.16. The maximum absolute atomic E-state index is 4.01. The van der Waals surface area contributed by atoms with Crippen molar-refractivity contribution in [2.45, 2.75) is 0 Å². The molecule has 0 saturated carbocycles. The molecule has 3 rings (SSSR count). The van der Waals surface area contributed by atoms with E-state index in [-0.39, 0.29) is 0 Å². The summed E-state index contributed by atoms with van der Waals surface area (Å²) in [7, 11) is 0. The fourth-order valence-electron chi connectivity index (χ4n) is 1.68. The van der Waals surface area contributed by atoms with Crippen LogP contribution in [0.15, 0.2) is 49.2 Å². The van der Waals surface area contributed by atoms with E-state index in [4.69, 9.17) is 0 Å². The second-order valence-electron chi connectivity index (χ2n) is 3.41. The predicted molar refractivity (Wildman–Crippen MR) is 59.3 cm³/mol. The highest BCUT2D eigenvalue weighted by molar-refractivity contribution is 5.84. The Morgan fingerprint density at radius 1 is 0.933 bits per heavy atom. The lowest BCUT2D eigenvalue weighted by Crippen LogP contribution is -1.81. The minimum absolute atomic E-state index is 1.04. The first-order valence-corrected chi connectivity index (χ1v) is 4.76. The number of nitrogens with one attached hydrogen (secondary N) is 1. The Bertz CT molecular complexity index is 584. The molecule has 3 aromatic rings. The molecule has 0 aliphatic heterocycles. The molecule has 2 aromatic heterocycles. The number of H-pyrrole nitrogens is 1. The van der Waals surface area contributed by atoms with Gasteiger partial charge in [-0.1, -0.05) is 6.07 Å². The van der Waals surface area contributed by atoms with E-state index in [2.05, 4.69) is 39.2 Å².